The van der Waals surface area contributed by atoms with Gasteiger partial charge in [0, 0.05) is 28.0 Å². The lowest BCUT2D eigenvalue weighted by Crippen LogP contribution is -2.23. The van der Waals surface area contributed by atoms with Gasteiger partial charge in [-0.25, -0.2) is 0 Å². The molecule has 0 amide bonds. The minimum atomic E-state index is -0.244. The van der Waals surface area contributed by atoms with E-state index in [1.165, 1.54) is 12.2 Å². The summed E-state index contributed by atoms with van der Waals surface area (Å²) in [5.74, 6) is 1.19. The molecule has 0 saturated carbocycles. The molecule has 82 valence electrons. The summed E-state index contributed by atoms with van der Waals surface area (Å²) in [6.45, 7) is 0. The second kappa shape index (κ2) is 5.32. The smallest absolute Gasteiger partial charge is 0.0714 e. The Bertz CT molecular complexity index is 311. The fraction of sp³-hybridized carbons (Fsp3) is 0.545. The Morgan fingerprint density at radius 1 is 1.60 bits per heavy atom. The van der Waals surface area contributed by atoms with E-state index >= 15 is 0 Å². The molecule has 2 heterocycles. The molecular formula is C11H14BrNOS. The Balaban J connectivity index is 1.92. The number of aliphatic hydroxyl groups excluding tert-OH is 1. The third kappa shape index (κ3) is 3.20. The highest BCUT2D eigenvalue weighted by Crippen LogP contribution is 2.29. The minimum Gasteiger partial charge on any atom is -0.392 e. The van der Waals surface area contributed by atoms with Gasteiger partial charge in [-0.15, -0.1) is 0 Å². The Kier molecular flexibility index (Phi) is 4.05. The van der Waals surface area contributed by atoms with E-state index < -0.39 is 0 Å². The summed E-state index contributed by atoms with van der Waals surface area (Å²) in [6.07, 6.45) is 4.59. The molecular weight excluding hydrogens is 274 g/mol. The number of hydrogen-bond acceptors (Lipinski definition) is 3. The van der Waals surface area contributed by atoms with Gasteiger partial charge in [0.15, 0.2) is 0 Å². The molecule has 0 spiro atoms. The average Bonchev–Trinajstić information content (AvgIpc) is 2.74. The van der Waals surface area contributed by atoms with E-state index in [2.05, 4.69) is 20.9 Å². The molecule has 2 rings (SSSR count). The van der Waals surface area contributed by atoms with Gasteiger partial charge in [-0.3, -0.25) is 4.98 Å². The lowest BCUT2D eigenvalue weighted by atomic mass is 10.1. The number of aromatic nitrogens is 1. The molecule has 1 saturated heterocycles. The first-order valence-corrected chi connectivity index (χ1v) is 7.00. The molecule has 4 heteroatoms. The second-order valence-electron chi connectivity index (χ2n) is 3.79. The van der Waals surface area contributed by atoms with Crippen molar-refractivity contribution < 1.29 is 5.11 Å². The normalized spacial score (nSPS) is 22.9. The molecule has 2 nitrogen and oxygen atoms in total. The molecule has 2 atom stereocenters. The third-order valence-electron chi connectivity index (χ3n) is 2.60. The largest absolute Gasteiger partial charge is 0.392 e. The van der Waals surface area contributed by atoms with Crippen LogP contribution in [0.25, 0.3) is 0 Å². The topological polar surface area (TPSA) is 33.1 Å². The molecule has 1 aromatic heterocycles. The molecule has 1 fully saturated rings. The maximum Gasteiger partial charge on any atom is 0.0714 e. The molecule has 0 radical (unpaired) electrons. The summed E-state index contributed by atoms with van der Waals surface area (Å²) >= 11 is 5.23. The standard InChI is InChI=1S/C11H14BrNOS/c12-8-3-4-9(13-7-8)6-10(14)11-2-1-5-15-11/h3-4,7,10-11,14H,1-2,5-6H2. The zero-order valence-corrected chi connectivity index (χ0v) is 10.8. The summed E-state index contributed by atoms with van der Waals surface area (Å²) < 4.78 is 0.982. The molecule has 1 N–H and O–H groups in total. The predicted octanol–water partition coefficient (Wildman–Crippen LogP) is 2.64. The van der Waals surface area contributed by atoms with Crippen molar-refractivity contribution in [3.63, 3.8) is 0 Å². The number of thioether (sulfide) groups is 1. The lowest BCUT2D eigenvalue weighted by molar-refractivity contribution is 0.169. The van der Waals surface area contributed by atoms with Crippen LogP contribution in [0.1, 0.15) is 18.5 Å². The van der Waals surface area contributed by atoms with Gasteiger partial charge in [-0.1, -0.05) is 0 Å². The zero-order chi connectivity index (χ0) is 10.7. The van der Waals surface area contributed by atoms with Gasteiger partial charge in [0.05, 0.1) is 6.10 Å². The van der Waals surface area contributed by atoms with Crippen LogP contribution < -0.4 is 0 Å². The lowest BCUT2D eigenvalue weighted by Gasteiger charge is -2.16. The van der Waals surface area contributed by atoms with Crippen LogP contribution in [-0.2, 0) is 6.42 Å². The Morgan fingerprint density at radius 2 is 2.47 bits per heavy atom. The Morgan fingerprint density at radius 3 is 3.07 bits per heavy atom. The summed E-state index contributed by atoms with van der Waals surface area (Å²) in [7, 11) is 0. The van der Waals surface area contributed by atoms with Gasteiger partial charge in [0.2, 0.25) is 0 Å². The number of nitrogens with zero attached hydrogens (tertiary/aromatic N) is 1. The summed E-state index contributed by atoms with van der Waals surface area (Å²) in [5, 5.41) is 10.4. The van der Waals surface area contributed by atoms with E-state index in [1.807, 2.05) is 23.9 Å². The first-order valence-electron chi connectivity index (χ1n) is 5.16. The maximum atomic E-state index is 10.00. The summed E-state index contributed by atoms with van der Waals surface area (Å²) in [6, 6.07) is 3.93. The molecule has 1 aromatic rings. The minimum absolute atomic E-state index is 0.244. The molecule has 0 aliphatic carbocycles. The van der Waals surface area contributed by atoms with Crippen LogP contribution in [0.15, 0.2) is 22.8 Å². The van der Waals surface area contributed by atoms with E-state index in [9.17, 15) is 5.11 Å². The zero-order valence-electron chi connectivity index (χ0n) is 8.40. The maximum absolute atomic E-state index is 10.00. The molecule has 1 aliphatic rings. The van der Waals surface area contributed by atoms with E-state index in [4.69, 9.17) is 0 Å². The van der Waals surface area contributed by atoms with Crippen molar-refractivity contribution in [3.05, 3.63) is 28.5 Å². The number of pyridine rings is 1. The molecule has 0 aromatic carbocycles. The fourth-order valence-electron chi connectivity index (χ4n) is 1.78. The van der Waals surface area contributed by atoms with Crippen LogP contribution in [0, 0.1) is 0 Å². The number of hydrogen-bond donors (Lipinski definition) is 1. The molecule has 1 aliphatic heterocycles. The van der Waals surface area contributed by atoms with Crippen molar-refractivity contribution in [2.75, 3.05) is 5.75 Å². The Labute approximate surface area is 103 Å². The van der Waals surface area contributed by atoms with Gasteiger partial charge in [-0.2, -0.15) is 11.8 Å². The molecule has 15 heavy (non-hydrogen) atoms. The Hall–Kier alpha value is -0.0600. The van der Waals surface area contributed by atoms with Gasteiger partial charge < -0.3 is 5.11 Å². The first kappa shape index (κ1) is 11.4. The van der Waals surface area contributed by atoms with Crippen molar-refractivity contribution >= 4 is 27.7 Å². The van der Waals surface area contributed by atoms with Gasteiger partial charge in [0.25, 0.3) is 0 Å². The monoisotopic (exact) mass is 287 g/mol. The van der Waals surface area contributed by atoms with Crippen LogP contribution >= 0.6 is 27.7 Å². The highest BCUT2D eigenvalue weighted by molar-refractivity contribution is 9.10. The summed E-state index contributed by atoms with van der Waals surface area (Å²) in [5.41, 5.74) is 0.971. The summed E-state index contributed by atoms with van der Waals surface area (Å²) in [4.78, 5) is 4.27. The van der Waals surface area contributed by atoms with Gasteiger partial charge in [-0.05, 0) is 46.7 Å². The predicted molar refractivity (Wildman–Crippen MR) is 67.1 cm³/mol. The van der Waals surface area contributed by atoms with Crippen LogP contribution in [-0.4, -0.2) is 27.2 Å². The third-order valence-corrected chi connectivity index (χ3v) is 4.57. The van der Waals surface area contributed by atoms with Crippen LogP contribution in [0.4, 0.5) is 0 Å². The van der Waals surface area contributed by atoms with Crippen molar-refractivity contribution in [1.82, 2.24) is 4.98 Å². The van der Waals surface area contributed by atoms with E-state index in [-0.39, 0.29) is 6.10 Å². The van der Waals surface area contributed by atoms with Crippen molar-refractivity contribution in [2.24, 2.45) is 0 Å². The van der Waals surface area contributed by atoms with Crippen molar-refractivity contribution in [2.45, 2.75) is 30.6 Å². The quantitative estimate of drug-likeness (QED) is 0.928. The number of rotatable bonds is 3. The van der Waals surface area contributed by atoms with Crippen LogP contribution in [0.5, 0.6) is 0 Å². The SMILES string of the molecule is OC(Cc1ccc(Br)cn1)C1CCCS1. The van der Waals surface area contributed by atoms with Crippen LogP contribution in [0.3, 0.4) is 0 Å². The first-order chi connectivity index (χ1) is 7.25. The number of halogens is 1. The highest BCUT2D eigenvalue weighted by atomic mass is 79.9. The van der Waals surface area contributed by atoms with E-state index in [0.717, 1.165) is 16.6 Å². The molecule has 2 unspecified atom stereocenters. The number of aliphatic hydroxyl groups is 1. The second-order valence-corrected chi connectivity index (χ2v) is 6.05. The average molecular weight is 288 g/mol. The van der Waals surface area contributed by atoms with Gasteiger partial charge >= 0.3 is 0 Å². The molecule has 0 bridgehead atoms. The highest BCUT2D eigenvalue weighted by Gasteiger charge is 2.24. The van der Waals surface area contributed by atoms with Gasteiger partial charge in [0.1, 0.15) is 0 Å². The fourth-order valence-corrected chi connectivity index (χ4v) is 3.30. The van der Waals surface area contributed by atoms with Crippen molar-refractivity contribution in [3.8, 4) is 0 Å². The van der Waals surface area contributed by atoms with E-state index in [1.54, 1.807) is 6.20 Å². The van der Waals surface area contributed by atoms with E-state index in [0.29, 0.717) is 11.7 Å². The van der Waals surface area contributed by atoms with Crippen LogP contribution in [0.2, 0.25) is 0 Å². The van der Waals surface area contributed by atoms with Crippen molar-refractivity contribution in [1.29, 1.82) is 0 Å².